The first-order valence-corrected chi connectivity index (χ1v) is 7.05. The van der Waals surface area contributed by atoms with Crippen LogP contribution < -0.4 is 5.73 Å². The van der Waals surface area contributed by atoms with Crippen molar-refractivity contribution >= 4 is 36.4 Å². The Bertz CT molecular complexity index is 486. The van der Waals surface area contributed by atoms with Gasteiger partial charge in [-0.25, -0.2) is 0 Å². The molecule has 7 heteroatoms. The number of halogens is 2. The highest BCUT2D eigenvalue weighted by atomic mass is 35.5. The molecule has 1 saturated heterocycles. The van der Waals surface area contributed by atoms with Crippen LogP contribution in [0.3, 0.4) is 0 Å². The number of β-amino-alcohol motifs (C(OH)–C–C–N with tert-alkyl or cyclic N) is 1. The molecule has 3 N–H and O–H groups in total. The highest BCUT2D eigenvalue weighted by Gasteiger charge is 2.28. The van der Waals surface area contributed by atoms with Gasteiger partial charge in [-0.15, -0.1) is 24.8 Å². The van der Waals surface area contributed by atoms with E-state index in [4.69, 9.17) is 5.73 Å². The second-order valence-electron chi connectivity index (χ2n) is 5.53. The van der Waals surface area contributed by atoms with Crippen LogP contribution in [0, 0.1) is 0 Å². The Kier molecular flexibility index (Phi) is 8.78. The minimum absolute atomic E-state index is 0. The van der Waals surface area contributed by atoms with Crippen molar-refractivity contribution in [3.63, 3.8) is 0 Å². The Morgan fingerprint density at radius 3 is 2.55 bits per heavy atom. The van der Waals surface area contributed by atoms with Crippen LogP contribution in [0.1, 0.15) is 24.2 Å². The number of rotatable bonds is 3. The van der Waals surface area contributed by atoms with Gasteiger partial charge in [0.15, 0.2) is 0 Å². The molecule has 126 valence electrons. The van der Waals surface area contributed by atoms with Gasteiger partial charge in [-0.05, 0) is 26.0 Å². The number of aliphatic hydroxyl groups is 1. The molecular formula is C15H25Cl2N3O2. The number of anilines is 1. The van der Waals surface area contributed by atoms with Crippen LogP contribution in [0.25, 0.3) is 0 Å². The molecule has 1 aromatic carbocycles. The maximum atomic E-state index is 12.5. The molecule has 1 fully saturated rings. The summed E-state index contributed by atoms with van der Waals surface area (Å²) >= 11 is 0. The quantitative estimate of drug-likeness (QED) is 0.814. The summed E-state index contributed by atoms with van der Waals surface area (Å²) in [7, 11) is 0. The molecule has 1 aromatic rings. The Balaban J connectivity index is 0.00000220. The fourth-order valence-corrected chi connectivity index (χ4v) is 2.65. The monoisotopic (exact) mass is 349 g/mol. The number of nitrogen functional groups attached to an aromatic ring is 1. The van der Waals surface area contributed by atoms with E-state index in [2.05, 4.69) is 11.8 Å². The lowest BCUT2D eigenvalue weighted by atomic mass is 10.1. The minimum Gasteiger partial charge on any atom is -0.398 e. The predicted molar refractivity (Wildman–Crippen MR) is 94.0 cm³/mol. The molecule has 0 saturated carbocycles. The number of carbonyl (C=O) groups is 1. The Morgan fingerprint density at radius 2 is 2.00 bits per heavy atom. The smallest absolute Gasteiger partial charge is 0.256 e. The standard InChI is InChI=1S/C15H23N3O2.2ClH/c1-11-9-18(8-7-17(11)10-12(2)19)15(20)13-5-3-4-6-14(13)16;;/h3-6,11-12,19H,7-10,16H2,1-2H3;2*1H. The van der Waals surface area contributed by atoms with E-state index in [-0.39, 0.29) is 42.9 Å². The zero-order chi connectivity index (χ0) is 14.7. The van der Waals surface area contributed by atoms with Crippen LogP contribution in [0.15, 0.2) is 24.3 Å². The minimum atomic E-state index is -0.343. The predicted octanol–water partition coefficient (Wildman–Crippen LogP) is 1.64. The molecule has 2 unspecified atom stereocenters. The number of hydrogen-bond acceptors (Lipinski definition) is 4. The molecule has 1 amide bonds. The largest absolute Gasteiger partial charge is 0.398 e. The van der Waals surface area contributed by atoms with Gasteiger partial charge in [0.1, 0.15) is 0 Å². The highest BCUT2D eigenvalue weighted by Crippen LogP contribution is 2.17. The Morgan fingerprint density at radius 1 is 1.36 bits per heavy atom. The van der Waals surface area contributed by atoms with E-state index in [0.717, 1.165) is 6.54 Å². The molecule has 1 aliphatic heterocycles. The van der Waals surface area contributed by atoms with E-state index in [1.807, 2.05) is 17.0 Å². The molecule has 0 aliphatic carbocycles. The molecule has 0 spiro atoms. The zero-order valence-corrected chi connectivity index (χ0v) is 14.6. The molecule has 2 rings (SSSR count). The molecule has 1 heterocycles. The van der Waals surface area contributed by atoms with Crippen molar-refractivity contribution in [3.05, 3.63) is 29.8 Å². The van der Waals surface area contributed by atoms with Crippen LogP contribution in [0.4, 0.5) is 5.69 Å². The van der Waals surface area contributed by atoms with Crippen molar-refractivity contribution in [1.29, 1.82) is 0 Å². The van der Waals surface area contributed by atoms with Crippen molar-refractivity contribution < 1.29 is 9.90 Å². The van der Waals surface area contributed by atoms with Gasteiger partial charge in [0.05, 0.1) is 11.7 Å². The van der Waals surface area contributed by atoms with Crippen LogP contribution in [-0.2, 0) is 0 Å². The average molecular weight is 350 g/mol. The second kappa shape index (κ2) is 9.20. The Labute approximate surface area is 144 Å². The number of aliphatic hydroxyl groups excluding tert-OH is 1. The van der Waals surface area contributed by atoms with Crippen molar-refractivity contribution in [1.82, 2.24) is 9.80 Å². The maximum Gasteiger partial charge on any atom is 0.256 e. The Hall–Kier alpha value is -1.01. The van der Waals surface area contributed by atoms with E-state index in [0.29, 0.717) is 30.9 Å². The van der Waals surface area contributed by atoms with E-state index in [1.165, 1.54) is 0 Å². The lowest BCUT2D eigenvalue weighted by Gasteiger charge is -2.40. The van der Waals surface area contributed by atoms with Crippen LogP contribution in [0.2, 0.25) is 0 Å². The number of benzene rings is 1. The number of piperazine rings is 1. The van der Waals surface area contributed by atoms with Gasteiger partial charge < -0.3 is 15.7 Å². The fraction of sp³-hybridized carbons (Fsp3) is 0.533. The summed E-state index contributed by atoms with van der Waals surface area (Å²) in [4.78, 5) is 16.5. The number of nitrogens with zero attached hydrogens (tertiary/aromatic N) is 2. The first-order valence-electron chi connectivity index (χ1n) is 7.05. The number of amides is 1. The SMILES string of the molecule is CC(O)CN1CCN(C(=O)c2ccccc2N)CC1C.Cl.Cl. The second-order valence-corrected chi connectivity index (χ2v) is 5.53. The van der Waals surface area contributed by atoms with Gasteiger partial charge in [0.2, 0.25) is 0 Å². The van der Waals surface area contributed by atoms with Crippen molar-refractivity contribution in [2.45, 2.75) is 26.0 Å². The zero-order valence-electron chi connectivity index (χ0n) is 12.9. The molecule has 22 heavy (non-hydrogen) atoms. The summed E-state index contributed by atoms with van der Waals surface area (Å²) < 4.78 is 0. The normalized spacial score (nSPS) is 19.8. The highest BCUT2D eigenvalue weighted by molar-refractivity contribution is 5.99. The van der Waals surface area contributed by atoms with Crippen molar-refractivity contribution in [2.24, 2.45) is 0 Å². The maximum absolute atomic E-state index is 12.5. The number of para-hydroxylation sites is 1. The summed E-state index contributed by atoms with van der Waals surface area (Å²) in [6, 6.07) is 7.42. The third-order valence-electron chi connectivity index (χ3n) is 3.74. The molecular weight excluding hydrogens is 325 g/mol. The first kappa shape index (κ1) is 21.0. The van der Waals surface area contributed by atoms with Gasteiger partial charge in [0.25, 0.3) is 5.91 Å². The molecule has 0 bridgehead atoms. The van der Waals surface area contributed by atoms with Gasteiger partial charge >= 0.3 is 0 Å². The van der Waals surface area contributed by atoms with Crippen LogP contribution in [-0.4, -0.2) is 59.1 Å². The number of carbonyl (C=O) groups excluding carboxylic acids is 1. The molecule has 5 nitrogen and oxygen atoms in total. The topological polar surface area (TPSA) is 69.8 Å². The summed E-state index contributed by atoms with van der Waals surface area (Å²) in [6.45, 7) is 6.64. The molecule has 0 radical (unpaired) electrons. The number of nitrogens with two attached hydrogens (primary N) is 1. The number of hydrogen-bond donors (Lipinski definition) is 2. The van der Waals surface area contributed by atoms with E-state index in [9.17, 15) is 9.90 Å². The lowest BCUT2D eigenvalue weighted by molar-refractivity contribution is 0.0366. The summed E-state index contributed by atoms with van der Waals surface area (Å²) in [5.74, 6) is -0.00773. The molecule has 0 aromatic heterocycles. The average Bonchev–Trinajstić information content (AvgIpc) is 2.40. The van der Waals surface area contributed by atoms with Gasteiger partial charge in [0, 0.05) is 37.9 Å². The van der Waals surface area contributed by atoms with Gasteiger partial charge in [-0.2, -0.15) is 0 Å². The van der Waals surface area contributed by atoms with E-state index in [1.54, 1.807) is 19.1 Å². The lowest BCUT2D eigenvalue weighted by Crippen LogP contribution is -2.55. The van der Waals surface area contributed by atoms with E-state index >= 15 is 0 Å². The first-order chi connectivity index (χ1) is 9.49. The fourth-order valence-electron chi connectivity index (χ4n) is 2.65. The molecule has 1 aliphatic rings. The van der Waals surface area contributed by atoms with Gasteiger partial charge in [-0.3, -0.25) is 9.69 Å². The van der Waals surface area contributed by atoms with Gasteiger partial charge in [-0.1, -0.05) is 12.1 Å². The summed E-state index contributed by atoms with van der Waals surface area (Å²) in [6.07, 6.45) is -0.343. The summed E-state index contributed by atoms with van der Waals surface area (Å²) in [5, 5.41) is 9.47. The molecule has 2 atom stereocenters. The van der Waals surface area contributed by atoms with Crippen molar-refractivity contribution in [3.8, 4) is 0 Å². The van der Waals surface area contributed by atoms with Crippen LogP contribution in [0.5, 0.6) is 0 Å². The third kappa shape index (κ3) is 5.02. The summed E-state index contributed by atoms with van der Waals surface area (Å²) in [5.41, 5.74) is 6.96. The third-order valence-corrected chi connectivity index (χ3v) is 3.74. The van der Waals surface area contributed by atoms with E-state index < -0.39 is 0 Å². The van der Waals surface area contributed by atoms with Crippen molar-refractivity contribution in [2.75, 3.05) is 31.9 Å². The van der Waals surface area contributed by atoms with Crippen LogP contribution >= 0.6 is 24.8 Å².